The third-order valence-corrected chi connectivity index (χ3v) is 1.54. The zero-order valence-electron chi connectivity index (χ0n) is 7.41. The highest BCUT2D eigenvalue weighted by Crippen LogP contribution is 2.35. The van der Waals surface area contributed by atoms with Crippen LogP contribution in [0.4, 0.5) is 0 Å². The summed E-state index contributed by atoms with van der Waals surface area (Å²) in [6.07, 6.45) is 1.24. The van der Waals surface area contributed by atoms with Crippen LogP contribution in [0, 0.1) is 0 Å². The number of carbonyl (C=O) groups excluding carboxylic acids is 1. The third kappa shape index (κ3) is 2.31. The van der Waals surface area contributed by atoms with E-state index in [1.54, 1.807) is 0 Å². The van der Waals surface area contributed by atoms with Crippen molar-refractivity contribution in [1.29, 1.82) is 0 Å². The summed E-state index contributed by atoms with van der Waals surface area (Å²) < 4.78 is 4.35. The molecule has 1 aromatic carbocycles. The van der Waals surface area contributed by atoms with Gasteiger partial charge in [-0.15, -0.1) is 0 Å². The molecule has 0 unspecified atom stereocenters. The van der Waals surface area contributed by atoms with Crippen molar-refractivity contribution >= 4 is 5.97 Å². The molecule has 0 atom stereocenters. The van der Waals surface area contributed by atoms with E-state index in [0.29, 0.717) is 6.26 Å². The van der Waals surface area contributed by atoms with Gasteiger partial charge in [0.25, 0.3) is 0 Å². The van der Waals surface area contributed by atoms with Gasteiger partial charge in [-0.25, -0.2) is 4.79 Å². The molecule has 80 valence electrons. The maximum absolute atomic E-state index is 11.1. The molecule has 1 aromatic rings. The average molecular weight is 212 g/mol. The normalized spacial score (nSPS) is 10.4. The van der Waals surface area contributed by atoms with Gasteiger partial charge >= 0.3 is 5.97 Å². The molecule has 0 aliphatic rings. The van der Waals surface area contributed by atoms with E-state index in [9.17, 15) is 4.79 Å². The van der Waals surface area contributed by atoms with Crippen molar-refractivity contribution in [2.75, 3.05) is 0 Å². The topological polar surface area (TPSA) is 107 Å². The smallest absolute Gasteiger partial charge is 0.343 e. The average Bonchev–Trinajstić information content (AvgIpc) is 2.21. The Bertz CT molecular complexity index is 386. The molecule has 0 heterocycles. The first-order valence-electron chi connectivity index (χ1n) is 3.81. The SMILES string of the molecule is O=C(OC=CO)c1cc(O)c(O)c(O)c1. The fraction of sp³-hybridized carbons (Fsp3) is 0. The zero-order chi connectivity index (χ0) is 11.4. The van der Waals surface area contributed by atoms with E-state index in [-0.39, 0.29) is 5.56 Å². The van der Waals surface area contributed by atoms with Crippen molar-refractivity contribution < 1.29 is 30.0 Å². The lowest BCUT2D eigenvalue weighted by Gasteiger charge is -2.03. The van der Waals surface area contributed by atoms with E-state index in [1.807, 2.05) is 0 Å². The second-order valence-corrected chi connectivity index (χ2v) is 2.55. The van der Waals surface area contributed by atoms with Crippen molar-refractivity contribution in [2.45, 2.75) is 0 Å². The molecule has 0 aromatic heterocycles. The van der Waals surface area contributed by atoms with Gasteiger partial charge in [0.05, 0.1) is 5.56 Å². The zero-order valence-corrected chi connectivity index (χ0v) is 7.41. The third-order valence-electron chi connectivity index (χ3n) is 1.54. The molecule has 0 aliphatic carbocycles. The van der Waals surface area contributed by atoms with Crippen LogP contribution in [0.15, 0.2) is 24.7 Å². The van der Waals surface area contributed by atoms with Crippen molar-refractivity contribution in [3.05, 3.63) is 30.2 Å². The fourth-order valence-electron chi connectivity index (χ4n) is 0.882. The van der Waals surface area contributed by atoms with E-state index in [2.05, 4.69) is 4.74 Å². The van der Waals surface area contributed by atoms with Crippen molar-refractivity contribution in [3.8, 4) is 17.2 Å². The molecule has 0 saturated carbocycles. The maximum Gasteiger partial charge on any atom is 0.343 e. The first-order chi connectivity index (χ1) is 7.06. The van der Waals surface area contributed by atoms with Gasteiger partial charge in [-0.05, 0) is 12.1 Å². The molecule has 0 fully saturated rings. The molecule has 0 saturated heterocycles. The van der Waals surface area contributed by atoms with Crippen LogP contribution in [0.3, 0.4) is 0 Å². The summed E-state index contributed by atoms with van der Waals surface area (Å²) in [5, 5.41) is 35.3. The van der Waals surface area contributed by atoms with Crippen LogP contribution in [-0.2, 0) is 4.74 Å². The number of phenols is 3. The largest absolute Gasteiger partial charge is 0.512 e. The molecule has 0 radical (unpaired) electrons. The molecule has 4 N–H and O–H groups in total. The Morgan fingerprint density at radius 2 is 1.73 bits per heavy atom. The van der Waals surface area contributed by atoms with Crippen LogP contribution < -0.4 is 0 Å². The second-order valence-electron chi connectivity index (χ2n) is 2.55. The molecular weight excluding hydrogens is 204 g/mol. The summed E-state index contributed by atoms with van der Waals surface area (Å²) in [5.41, 5.74) is -0.166. The van der Waals surface area contributed by atoms with Crippen molar-refractivity contribution in [1.82, 2.24) is 0 Å². The number of aromatic hydroxyl groups is 3. The fourth-order valence-corrected chi connectivity index (χ4v) is 0.882. The highest BCUT2D eigenvalue weighted by molar-refractivity contribution is 5.91. The number of aliphatic hydroxyl groups is 1. The number of phenolic OH excluding ortho intramolecular Hbond substituents is 3. The van der Waals surface area contributed by atoms with Crippen LogP contribution in [0.5, 0.6) is 17.2 Å². The van der Waals surface area contributed by atoms with Crippen LogP contribution in [-0.4, -0.2) is 26.4 Å². The summed E-state index contributed by atoms with van der Waals surface area (Å²) in [6, 6.07) is 1.84. The van der Waals surface area contributed by atoms with E-state index in [1.165, 1.54) is 0 Å². The monoisotopic (exact) mass is 212 g/mol. The Kier molecular flexibility index (Phi) is 3.02. The number of benzene rings is 1. The minimum absolute atomic E-state index is 0.166. The van der Waals surface area contributed by atoms with Crippen LogP contribution >= 0.6 is 0 Å². The minimum Gasteiger partial charge on any atom is -0.512 e. The Morgan fingerprint density at radius 3 is 2.20 bits per heavy atom. The molecule has 1 rings (SSSR count). The standard InChI is InChI=1S/C9H8O6/c10-1-2-15-9(14)5-3-6(11)8(13)7(12)4-5/h1-4,10-13H. The van der Waals surface area contributed by atoms with Gasteiger partial charge in [0.2, 0.25) is 0 Å². The molecule has 0 amide bonds. The summed E-state index contributed by atoms with van der Waals surface area (Å²) in [7, 11) is 0. The van der Waals surface area contributed by atoms with Gasteiger partial charge in [0.1, 0.15) is 12.5 Å². The molecule has 6 nitrogen and oxygen atoms in total. The summed E-state index contributed by atoms with van der Waals surface area (Å²) in [5.74, 6) is -2.90. The Balaban J connectivity index is 3.01. The van der Waals surface area contributed by atoms with E-state index >= 15 is 0 Å². The van der Waals surface area contributed by atoms with E-state index in [4.69, 9.17) is 20.4 Å². The molecular formula is C9H8O6. The minimum atomic E-state index is -0.897. The number of rotatable bonds is 2. The Hall–Kier alpha value is -2.37. The van der Waals surface area contributed by atoms with Crippen molar-refractivity contribution in [2.24, 2.45) is 0 Å². The van der Waals surface area contributed by atoms with Crippen LogP contribution in [0.25, 0.3) is 0 Å². The maximum atomic E-state index is 11.1. The van der Waals surface area contributed by atoms with Crippen LogP contribution in [0.1, 0.15) is 10.4 Å². The lowest BCUT2D eigenvalue weighted by molar-refractivity contribution is 0.0655. The van der Waals surface area contributed by atoms with Gasteiger partial charge in [-0.3, -0.25) is 0 Å². The molecule has 6 heteroatoms. The Morgan fingerprint density at radius 1 is 1.20 bits per heavy atom. The number of esters is 1. The van der Waals surface area contributed by atoms with E-state index in [0.717, 1.165) is 18.4 Å². The highest BCUT2D eigenvalue weighted by Gasteiger charge is 2.13. The second kappa shape index (κ2) is 4.23. The summed E-state index contributed by atoms with van der Waals surface area (Å²) in [6.45, 7) is 0. The molecule has 0 bridgehead atoms. The quantitative estimate of drug-likeness (QED) is 0.331. The van der Waals surface area contributed by atoms with Crippen molar-refractivity contribution in [3.63, 3.8) is 0 Å². The first kappa shape index (κ1) is 10.7. The molecule has 15 heavy (non-hydrogen) atoms. The van der Waals surface area contributed by atoms with Gasteiger partial charge in [-0.2, -0.15) is 0 Å². The van der Waals surface area contributed by atoms with Gasteiger partial charge in [0, 0.05) is 0 Å². The lowest BCUT2D eigenvalue weighted by Crippen LogP contribution is -2.00. The van der Waals surface area contributed by atoms with Gasteiger partial charge in [-0.1, -0.05) is 0 Å². The number of ether oxygens (including phenoxy) is 1. The molecule has 0 spiro atoms. The van der Waals surface area contributed by atoms with Gasteiger partial charge < -0.3 is 25.2 Å². The summed E-state index contributed by atoms with van der Waals surface area (Å²) in [4.78, 5) is 11.1. The number of aliphatic hydroxyl groups excluding tert-OH is 1. The Labute approximate surface area is 84.3 Å². The highest BCUT2D eigenvalue weighted by atomic mass is 16.5. The summed E-state index contributed by atoms with van der Waals surface area (Å²) >= 11 is 0. The van der Waals surface area contributed by atoms with E-state index < -0.39 is 23.2 Å². The van der Waals surface area contributed by atoms with Crippen LogP contribution in [0.2, 0.25) is 0 Å². The number of carbonyl (C=O) groups is 1. The predicted molar refractivity (Wildman–Crippen MR) is 48.6 cm³/mol. The lowest BCUT2D eigenvalue weighted by atomic mass is 10.2. The van der Waals surface area contributed by atoms with Gasteiger partial charge in [0.15, 0.2) is 17.2 Å². The number of hydrogen-bond acceptors (Lipinski definition) is 6. The first-order valence-corrected chi connectivity index (χ1v) is 3.81. The number of hydrogen-bond donors (Lipinski definition) is 4. The molecule has 0 aliphatic heterocycles. The predicted octanol–water partition coefficient (Wildman–Crippen LogP) is 0.989.